The van der Waals surface area contributed by atoms with Crippen LogP contribution < -0.4 is 10.2 Å². The number of aromatic nitrogens is 2. The number of thiazole rings is 1. The molecule has 3 heterocycles. The normalized spacial score (nSPS) is 22.5. The maximum absolute atomic E-state index is 5.31. The molecule has 1 unspecified atom stereocenters. The van der Waals surface area contributed by atoms with Gasteiger partial charge < -0.3 is 15.0 Å². The lowest BCUT2D eigenvalue weighted by Crippen LogP contribution is -2.24. The number of methoxy groups -OCH3 is 1. The van der Waals surface area contributed by atoms with Crippen molar-refractivity contribution >= 4 is 22.1 Å². The minimum absolute atomic E-state index is 0.638. The largest absolute Gasteiger partial charge is 0.384 e. The lowest BCUT2D eigenvalue weighted by Gasteiger charge is -2.18. The monoisotopic (exact) mass is 306 g/mol. The zero-order chi connectivity index (χ0) is 14.2. The summed E-state index contributed by atoms with van der Waals surface area (Å²) in [6.45, 7) is 3.93. The van der Waals surface area contributed by atoms with Crippen molar-refractivity contribution in [3.8, 4) is 0 Å². The Morgan fingerprint density at radius 3 is 3.14 bits per heavy atom. The Morgan fingerprint density at radius 2 is 2.33 bits per heavy atom. The van der Waals surface area contributed by atoms with Gasteiger partial charge in [0.15, 0.2) is 10.8 Å². The average molecular weight is 306 g/mol. The minimum Gasteiger partial charge on any atom is -0.384 e. The van der Waals surface area contributed by atoms with Crippen LogP contribution in [0.2, 0.25) is 0 Å². The van der Waals surface area contributed by atoms with Crippen LogP contribution in [0.1, 0.15) is 25.0 Å². The highest BCUT2D eigenvalue weighted by molar-refractivity contribution is 7.15. The van der Waals surface area contributed by atoms with Gasteiger partial charge in [-0.3, -0.25) is 4.40 Å². The van der Waals surface area contributed by atoms with Gasteiger partial charge in [0.05, 0.1) is 12.3 Å². The third-order valence-electron chi connectivity index (χ3n) is 4.46. The Kier molecular flexibility index (Phi) is 3.61. The summed E-state index contributed by atoms with van der Waals surface area (Å²) in [5.41, 5.74) is 1.32. The molecule has 1 aliphatic carbocycles. The van der Waals surface area contributed by atoms with Crippen molar-refractivity contribution in [3.63, 3.8) is 0 Å². The van der Waals surface area contributed by atoms with Crippen molar-refractivity contribution < 1.29 is 4.74 Å². The number of imidazole rings is 1. The van der Waals surface area contributed by atoms with E-state index >= 15 is 0 Å². The minimum atomic E-state index is 0.638. The molecule has 1 saturated heterocycles. The quantitative estimate of drug-likeness (QED) is 0.888. The highest BCUT2D eigenvalue weighted by atomic mass is 32.1. The number of hydrogen-bond donors (Lipinski definition) is 1. The van der Waals surface area contributed by atoms with Gasteiger partial charge >= 0.3 is 0 Å². The second-order valence-electron chi connectivity index (χ2n) is 6.15. The molecule has 0 spiro atoms. The van der Waals surface area contributed by atoms with Crippen LogP contribution in [0.15, 0.2) is 11.6 Å². The summed E-state index contributed by atoms with van der Waals surface area (Å²) >= 11 is 1.71. The van der Waals surface area contributed by atoms with Crippen molar-refractivity contribution in [2.24, 2.45) is 5.92 Å². The van der Waals surface area contributed by atoms with E-state index in [9.17, 15) is 0 Å². The number of rotatable bonds is 6. The van der Waals surface area contributed by atoms with E-state index in [1.54, 1.807) is 18.4 Å². The molecule has 114 valence electrons. The van der Waals surface area contributed by atoms with E-state index in [2.05, 4.69) is 26.2 Å². The molecule has 4 rings (SSSR count). The van der Waals surface area contributed by atoms with Crippen molar-refractivity contribution in [1.29, 1.82) is 0 Å². The van der Waals surface area contributed by atoms with Gasteiger partial charge in [-0.2, -0.15) is 0 Å². The van der Waals surface area contributed by atoms with Crippen molar-refractivity contribution in [2.45, 2.75) is 31.8 Å². The van der Waals surface area contributed by atoms with Crippen LogP contribution in [0.4, 0.5) is 5.82 Å². The number of hydrogen-bond acceptors (Lipinski definition) is 5. The fourth-order valence-corrected chi connectivity index (χ4v) is 3.89. The molecule has 0 bridgehead atoms. The second kappa shape index (κ2) is 5.59. The van der Waals surface area contributed by atoms with Crippen LogP contribution in [0, 0.1) is 5.92 Å². The van der Waals surface area contributed by atoms with Gasteiger partial charge in [0, 0.05) is 50.3 Å². The zero-order valence-electron chi connectivity index (χ0n) is 12.4. The predicted octanol–water partition coefficient (Wildman–Crippen LogP) is 2.12. The van der Waals surface area contributed by atoms with Crippen LogP contribution in [-0.4, -0.2) is 42.2 Å². The highest BCUT2D eigenvalue weighted by Gasteiger charge is 2.28. The predicted molar refractivity (Wildman–Crippen MR) is 85.1 cm³/mol. The van der Waals surface area contributed by atoms with Gasteiger partial charge in [-0.05, 0) is 19.3 Å². The fourth-order valence-electron chi connectivity index (χ4n) is 3.16. The Hall–Kier alpha value is -1.11. The molecular formula is C15H22N4OS. The molecule has 5 nitrogen and oxygen atoms in total. The summed E-state index contributed by atoms with van der Waals surface area (Å²) in [6.07, 6.45) is 5.98. The van der Waals surface area contributed by atoms with Crippen molar-refractivity contribution in [1.82, 2.24) is 14.7 Å². The average Bonchev–Trinajstić information content (AvgIpc) is 2.87. The van der Waals surface area contributed by atoms with Crippen molar-refractivity contribution in [2.75, 3.05) is 31.7 Å². The van der Waals surface area contributed by atoms with Gasteiger partial charge in [0.1, 0.15) is 0 Å². The third kappa shape index (κ3) is 2.67. The van der Waals surface area contributed by atoms with Gasteiger partial charge in [0.2, 0.25) is 0 Å². The lowest BCUT2D eigenvalue weighted by molar-refractivity contribution is 0.161. The van der Waals surface area contributed by atoms with Crippen LogP contribution in [0.25, 0.3) is 4.96 Å². The van der Waals surface area contributed by atoms with Crippen LogP contribution in [-0.2, 0) is 11.3 Å². The zero-order valence-corrected chi connectivity index (χ0v) is 13.2. The van der Waals surface area contributed by atoms with E-state index < -0.39 is 0 Å². The molecule has 2 aromatic heterocycles. The van der Waals surface area contributed by atoms with Crippen LogP contribution in [0.3, 0.4) is 0 Å². The molecule has 2 aliphatic rings. The molecule has 1 saturated carbocycles. The summed E-state index contributed by atoms with van der Waals surface area (Å²) in [5, 5.41) is 5.75. The Morgan fingerprint density at radius 1 is 1.43 bits per heavy atom. The van der Waals surface area contributed by atoms with Crippen molar-refractivity contribution in [3.05, 3.63) is 17.3 Å². The molecule has 1 aliphatic heterocycles. The number of anilines is 1. The van der Waals surface area contributed by atoms with Gasteiger partial charge in [-0.15, -0.1) is 11.3 Å². The maximum atomic E-state index is 5.31. The van der Waals surface area contributed by atoms with E-state index in [0.29, 0.717) is 5.92 Å². The Balaban J connectivity index is 1.57. The second-order valence-corrected chi connectivity index (χ2v) is 7.02. The number of ether oxygens (including phenoxy) is 1. The van der Waals surface area contributed by atoms with E-state index in [-0.39, 0.29) is 0 Å². The Labute approximate surface area is 128 Å². The van der Waals surface area contributed by atoms with Gasteiger partial charge in [-0.25, -0.2) is 4.98 Å². The molecule has 2 aromatic rings. The first kappa shape index (κ1) is 13.5. The molecule has 0 aromatic carbocycles. The number of nitrogens with one attached hydrogen (secondary N) is 1. The maximum Gasteiger partial charge on any atom is 0.195 e. The summed E-state index contributed by atoms with van der Waals surface area (Å²) in [7, 11) is 1.79. The number of fused-ring (bicyclic) bond motifs is 1. The van der Waals surface area contributed by atoms with E-state index in [4.69, 9.17) is 9.72 Å². The Bertz CT molecular complexity index is 618. The molecule has 0 radical (unpaired) electrons. The lowest BCUT2D eigenvalue weighted by atomic mass is 10.1. The SMILES string of the molecule is COCC1CCN(c2nc3sccn3c2CNC2CC2)C1. The molecule has 0 amide bonds. The molecule has 1 N–H and O–H groups in total. The molecule has 2 fully saturated rings. The summed E-state index contributed by atoms with van der Waals surface area (Å²) in [5.74, 6) is 1.81. The highest BCUT2D eigenvalue weighted by Crippen LogP contribution is 2.30. The summed E-state index contributed by atoms with van der Waals surface area (Å²) < 4.78 is 7.56. The third-order valence-corrected chi connectivity index (χ3v) is 5.22. The fraction of sp³-hybridized carbons (Fsp3) is 0.667. The van der Waals surface area contributed by atoms with Crippen LogP contribution >= 0.6 is 11.3 Å². The molecular weight excluding hydrogens is 284 g/mol. The topological polar surface area (TPSA) is 41.8 Å². The standard InChI is InChI=1S/C15H22N4OS/c1-20-10-11-4-5-18(9-11)14-13(8-16-12-2-3-12)19-6-7-21-15(19)17-14/h6-7,11-12,16H,2-5,8-10H2,1H3. The first-order valence-electron chi connectivity index (χ1n) is 7.77. The van der Waals surface area contributed by atoms with Gasteiger partial charge in [-0.1, -0.05) is 0 Å². The van der Waals surface area contributed by atoms with Crippen LogP contribution in [0.5, 0.6) is 0 Å². The molecule has 6 heteroatoms. The van der Waals surface area contributed by atoms with E-state index in [1.807, 2.05) is 0 Å². The smallest absolute Gasteiger partial charge is 0.195 e. The molecule has 1 atom stereocenters. The number of nitrogens with zero attached hydrogens (tertiary/aromatic N) is 3. The summed E-state index contributed by atoms with van der Waals surface area (Å²) in [4.78, 5) is 8.42. The van der Waals surface area contributed by atoms with E-state index in [0.717, 1.165) is 37.2 Å². The first-order valence-corrected chi connectivity index (χ1v) is 8.65. The first-order chi connectivity index (χ1) is 10.3. The van der Waals surface area contributed by atoms with Gasteiger partial charge in [0.25, 0.3) is 0 Å². The van der Waals surface area contributed by atoms with E-state index in [1.165, 1.54) is 30.8 Å². The molecule has 21 heavy (non-hydrogen) atoms. The summed E-state index contributed by atoms with van der Waals surface area (Å²) in [6, 6.07) is 0.724.